The number of nitrogens with zero attached hydrogens (tertiary/aromatic N) is 1. The Kier molecular flexibility index (Phi) is 5.99. The molecule has 3 atom stereocenters. The number of hydrogen-bond donors (Lipinski definition) is 1. The predicted octanol–water partition coefficient (Wildman–Crippen LogP) is 4.85. The van der Waals surface area contributed by atoms with Gasteiger partial charge in [0, 0.05) is 22.1 Å². The summed E-state index contributed by atoms with van der Waals surface area (Å²) < 4.78 is 117. The highest BCUT2D eigenvalue weighted by molar-refractivity contribution is 7.91. The van der Waals surface area contributed by atoms with Crippen molar-refractivity contribution in [3.05, 3.63) is 70.0 Å². The summed E-state index contributed by atoms with van der Waals surface area (Å²) in [6.07, 6.45) is -4.87. The van der Waals surface area contributed by atoms with Gasteiger partial charge < -0.3 is 10.0 Å². The molecule has 1 aliphatic carbocycles. The third kappa shape index (κ3) is 4.72. The van der Waals surface area contributed by atoms with E-state index in [2.05, 4.69) is 0 Å². The van der Waals surface area contributed by atoms with Gasteiger partial charge in [-0.1, -0.05) is 30.3 Å². The minimum absolute atomic E-state index is 0.0883. The second-order valence-corrected chi connectivity index (χ2v) is 13.8. The van der Waals surface area contributed by atoms with Gasteiger partial charge in [0.2, 0.25) is 5.67 Å². The number of fused-ring (bicyclic) bond motifs is 3. The fraction of sp³-hybridized carbons (Fsp3) is 0.552. The summed E-state index contributed by atoms with van der Waals surface area (Å²) in [7, 11) is -3.39. The predicted molar refractivity (Wildman–Crippen MR) is 139 cm³/mol. The lowest BCUT2D eigenvalue weighted by Gasteiger charge is -2.45. The highest BCUT2D eigenvalue weighted by Crippen LogP contribution is 2.51. The normalized spacial score (nSPS) is 28.4. The Bertz CT molecular complexity index is 1550. The van der Waals surface area contributed by atoms with Gasteiger partial charge in [-0.05, 0) is 86.2 Å². The van der Waals surface area contributed by atoms with Crippen molar-refractivity contribution in [1.29, 1.82) is 0 Å². The van der Waals surface area contributed by atoms with E-state index < -0.39 is 68.4 Å². The van der Waals surface area contributed by atoms with E-state index in [4.69, 9.17) is 4.11 Å². The topological polar surface area (TPSA) is 74.7 Å². The lowest BCUT2D eigenvalue weighted by molar-refractivity contribution is -0.228. The van der Waals surface area contributed by atoms with Crippen LogP contribution in [0, 0.1) is 12.7 Å². The highest BCUT2D eigenvalue weighted by atomic mass is 32.2. The third-order valence-electron chi connectivity index (χ3n) is 9.08. The van der Waals surface area contributed by atoms with E-state index in [0.29, 0.717) is 23.6 Å². The van der Waals surface area contributed by atoms with E-state index >= 15 is 0 Å². The molecule has 2 saturated heterocycles. The lowest BCUT2D eigenvalue weighted by Crippen LogP contribution is -2.57. The minimum Gasteiger partial charge on any atom is -0.380 e. The van der Waals surface area contributed by atoms with Crippen molar-refractivity contribution >= 4 is 15.7 Å². The van der Waals surface area contributed by atoms with Gasteiger partial charge in [-0.2, -0.15) is 13.2 Å². The van der Waals surface area contributed by atoms with Gasteiger partial charge in [0.25, 0.3) is 5.91 Å². The molecule has 5 nitrogen and oxygen atoms in total. The van der Waals surface area contributed by atoms with Gasteiger partial charge in [0.15, 0.2) is 9.84 Å². The summed E-state index contributed by atoms with van der Waals surface area (Å²) in [6.45, 7) is -2.10. The average Bonchev–Trinajstić information content (AvgIpc) is 3.27. The minimum atomic E-state index is -5.16. The summed E-state index contributed by atoms with van der Waals surface area (Å²) in [5.74, 6) is -2.27. The number of aliphatic hydroxyl groups is 1. The van der Waals surface area contributed by atoms with Crippen LogP contribution in [0.4, 0.5) is 22.0 Å². The van der Waals surface area contributed by atoms with Gasteiger partial charge in [-0.3, -0.25) is 4.79 Å². The van der Waals surface area contributed by atoms with Crippen molar-refractivity contribution in [1.82, 2.24) is 4.90 Å². The van der Waals surface area contributed by atoms with Crippen LogP contribution in [0.2, 0.25) is 0 Å². The standard InChI is InChI=1S/C29H32F5NO4S/c1-18-3-4-19(15-23(18)30)17-27-9-12-35(25(36)28(37)10-13-40(38,39)14-11-28)24(27)8-5-20-16-21(6-7-22(20)27)26(2,31)29(32,33)34/h3-4,6-7,15-16,24,37H,5,8-14,17H2,1-2H3/i1D3. The Hall–Kier alpha value is -2.53. The first-order valence-corrected chi connectivity index (χ1v) is 14.9. The molecule has 2 aromatic carbocycles. The Morgan fingerprint density at radius 1 is 1.12 bits per heavy atom. The highest BCUT2D eigenvalue weighted by Gasteiger charge is 2.57. The zero-order chi connectivity index (χ0) is 31.8. The van der Waals surface area contributed by atoms with Gasteiger partial charge in [-0.25, -0.2) is 17.2 Å². The van der Waals surface area contributed by atoms with E-state index in [1.54, 1.807) is 0 Å². The Morgan fingerprint density at radius 3 is 2.45 bits per heavy atom. The number of carbonyl (C=O) groups excluding carboxylic acids is 1. The molecule has 3 unspecified atom stereocenters. The molecule has 0 bridgehead atoms. The molecule has 0 spiro atoms. The molecule has 2 aliphatic heterocycles. The maximum Gasteiger partial charge on any atom is 0.426 e. The molecule has 2 aromatic rings. The molecule has 40 heavy (non-hydrogen) atoms. The summed E-state index contributed by atoms with van der Waals surface area (Å²) in [4.78, 5) is 15.3. The number of alkyl halides is 4. The summed E-state index contributed by atoms with van der Waals surface area (Å²) in [6, 6.07) is 6.81. The summed E-state index contributed by atoms with van der Waals surface area (Å²) in [5.41, 5.74) is -6.09. The van der Waals surface area contributed by atoms with Crippen molar-refractivity contribution in [2.75, 3.05) is 18.1 Å². The maximum absolute atomic E-state index is 14.9. The molecule has 218 valence electrons. The average molecular weight is 589 g/mol. The van der Waals surface area contributed by atoms with E-state index in [0.717, 1.165) is 18.2 Å². The van der Waals surface area contributed by atoms with Gasteiger partial charge in [-0.15, -0.1) is 0 Å². The maximum atomic E-state index is 14.9. The molecule has 1 N–H and O–H groups in total. The number of sulfone groups is 1. The number of likely N-dealkylation sites (tertiary alicyclic amines) is 1. The van der Waals surface area contributed by atoms with E-state index in [-0.39, 0.29) is 56.6 Å². The molecule has 0 saturated carbocycles. The Morgan fingerprint density at radius 2 is 1.82 bits per heavy atom. The molecule has 0 radical (unpaired) electrons. The second kappa shape index (κ2) is 9.51. The first kappa shape index (κ1) is 25.2. The zero-order valence-corrected chi connectivity index (χ0v) is 22.6. The Labute approximate surface area is 234 Å². The number of hydrogen-bond acceptors (Lipinski definition) is 4. The fourth-order valence-corrected chi connectivity index (χ4v) is 8.16. The molecule has 0 aromatic heterocycles. The van der Waals surface area contributed by atoms with E-state index in [1.807, 2.05) is 0 Å². The number of rotatable bonds is 4. The van der Waals surface area contributed by atoms with Crippen LogP contribution in [-0.2, 0) is 38.6 Å². The van der Waals surface area contributed by atoms with Gasteiger partial charge in [0.1, 0.15) is 11.4 Å². The van der Waals surface area contributed by atoms with Crippen LogP contribution in [0.5, 0.6) is 0 Å². The first-order valence-electron chi connectivity index (χ1n) is 14.6. The third-order valence-corrected chi connectivity index (χ3v) is 10.7. The van der Waals surface area contributed by atoms with Crippen LogP contribution < -0.4 is 0 Å². The second-order valence-electron chi connectivity index (χ2n) is 11.5. The molecule has 3 aliphatic rings. The van der Waals surface area contributed by atoms with Gasteiger partial charge >= 0.3 is 6.18 Å². The van der Waals surface area contributed by atoms with E-state index in [9.17, 15) is 40.3 Å². The van der Waals surface area contributed by atoms with Crippen LogP contribution in [0.15, 0.2) is 36.4 Å². The van der Waals surface area contributed by atoms with Crippen molar-refractivity contribution in [3.8, 4) is 0 Å². The zero-order valence-electron chi connectivity index (χ0n) is 24.8. The van der Waals surface area contributed by atoms with Crippen molar-refractivity contribution < 1.29 is 44.4 Å². The van der Waals surface area contributed by atoms with Gasteiger partial charge in [0.05, 0.1) is 11.5 Å². The Balaban J connectivity index is 1.57. The van der Waals surface area contributed by atoms with Crippen molar-refractivity contribution in [3.63, 3.8) is 0 Å². The van der Waals surface area contributed by atoms with Crippen LogP contribution in [0.25, 0.3) is 0 Å². The number of halogens is 5. The quantitative estimate of drug-likeness (QED) is 0.519. The van der Waals surface area contributed by atoms with Crippen molar-refractivity contribution in [2.24, 2.45) is 0 Å². The van der Waals surface area contributed by atoms with Crippen LogP contribution in [-0.4, -0.2) is 60.2 Å². The lowest BCUT2D eigenvalue weighted by atomic mass is 9.63. The summed E-state index contributed by atoms with van der Waals surface area (Å²) in [5, 5.41) is 11.2. The summed E-state index contributed by atoms with van der Waals surface area (Å²) >= 11 is 0. The molecular formula is C29H32F5NO4S. The van der Waals surface area contributed by atoms with Crippen LogP contribution in [0.1, 0.15) is 64.5 Å². The largest absolute Gasteiger partial charge is 0.426 e. The molecule has 5 rings (SSSR count). The molecule has 1 amide bonds. The molecule has 2 heterocycles. The number of carbonyl (C=O) groups is 1. The fourth-order valence-electron chi connectivity index (χ4n) is 6.66. The smallest absolute Gasteiger partial charge is 0.380 e. The van der Waals surface area contributed by atoms with Crippen molar-refractivity contribution in [2.45, 2.75) is 81.2 Å². The number of amides is 1. The number of benzene rings is 2. The SMILES string of the molecule is [2H]C([2H])([2H])c1ccc(CC23CCN(C(=O)C4(O)CCS(=O)(=O)CC4)C2CCc2cc(C(C)(F)C(F)(F)F)ccc23)cc1F. The monoisotopic (exact) mass is 588 g/mol. The molecular weight excluding hydrogens is 553 g/mol. The first-order chi connectivity index (χ1) is 19.7. The van der Waals surface area contributed by atoms with E-state index in [1.165, 1.54) is 23.1 Å². The van der Waals surface area contributed by atoms with Crippen LogP contribution in [0.3, 0.4) is 0 Å². The molecule has 2 fully saturated rings. The number of aryl methyl sites for hydroxylation is 2. The van der Waals surface area contributed by atoms with Crippen LogP contribution >= 0.6 is 0 Å². The molecule has 11 heteroatoms.